The zero-order valence-corrected chi connectivity index (χ0v) is 17.0. The number of amides is 1. The van der Waals surface area contributed by atoms with E-state index in [9.17, 15) is 14.7 Å². The number of para-hydroxylation sites is 1. The monoisotopic (exact) mass is 427 g/mol. The SMILES string of the molecule is COc1cccc2cc(C(=O)NCc3ccc([C@@H](O)c4cccs4)s3)c(=O)oc12. The van der Waals surface area contributed by atoms with Crippen molar-refractivity contribution in [2.45, 2.75) is 12.6 Å². The first-order valence-electron chi connectivity index (χ1n) is 8.76. The zero-order valence-electron chi connectivity index (χ0n) is 15.4. The molecule has 0 aliphatic carbocycles. The van der Waals surface area contributed by atoms with E-state index in [4.69, 9.17) is 9.15 Å². The lowest BCUT2D eigenvalue weighted by atomic mass is 10.1. The second kappa shape index (κ2) is 8.20. The second-order valence-electron chi connectivity index (χ2n) is 6.23. The number of fused-ring (bicyclic) bond motifs is 1. The highest BCUT2D eigenvalue weighted by molar-refractivity contribution is 7.12. The highest BCUT2D eigenvalue weighted by atomic mass is 32.1. The number of aliphatic hydroxyl groups is 1. The van der Waals surface area contributed by atoms with Crippen LogP contribution in [0.25, 0.3) is 11.0 Å². The molecule has 4 rings (SSSR count). The predicted molar refractivity (Wildman–Crippen MR) is 113 cm³/mol. The Balaban J connectivity index is 1.49. The third kappa shape index (κ3) is 3.95. The van der Waals surface area contributed by atoms with Crippen LogP contribution in [0.1, 0.15) is 31.1 Å². The van der Waals surface area contributed by atoms with Gasteiger partial charge in [0.15, 0.2) is 11.3 Å². The van der Waals surface area contributed by atoms with E-state index in [0.717, 1.165) is 14.6 Å². The lowest BCUT2D eigenvalue weighted by Crippen LogP contribution is -2.27. The summed E-state index contributed by atoms with van der Waals surface area (Å²) < 4.78 is 10.5. The molecule has 0 saturated carbocycles. The molecule has 8 heteroatoms. The lowest BCUT2D eigenvalue weighted by molar-refractivity contribution is 0.0947. The van der Waals surface area contributed by atoms with Crippen LogP contribution in [0.2, 0.25) is 0 Å². The summed E-state index contributed by atoms with van der Waals surface area (Å²) in [6.07, 6.45) is -0.674. The second-order valence-corrected chi connectivity index (χ2v) is 8.41. The molecule has 2 N–H and O–H groups in total. The van der Waals surface area contributed by atoms with Gasteiger partial charge < -0.3 is 19.6 Å². The topological polar surface area (TPSA) is 88.8 Å². The summed E-state index contributed by atoms with van der Waals surface area (Å²) in [6, 6.07) is 14.2. The number of aliphatic hydroxyl groups excluding tert-OH is 1. The number of nitrogens with one attached hydrogen (secondary N) is 1. The Morgan fingerprint density at radius 1 is 1.21 bits per heavy atom. The van der Waals surface area contributed by atoms with E-state index in [-0.39, 0.29) is 12.1 Å². The summed E-state index contributed by atoms with van der Waals surface area (Å²) in [6.45, 7) is 0.246. The van der Waals surface area contributed by atoms with Crippen LogP contribution in [-0.4, -0.2) is 18.1 Å². The first-order chi connectivity index (χ1) is 14.1. The minimum Gasteiger partial charge on any atom is -0.493 e. The van der Waals surface area contributed by atoms with Crippen molar-refractivity contribution in [1.29, 1.82) is 0 Å². The van der Waals surface area contributed by atoms with Crippen molar-refractivity contribution in [3.63, 3.8) is 0 Å². The Kier molecular flexibility index (Phi) is 5.48. The van der Waals surface area contributed by atoms with Crippen molar-refractivity contribution in [1.82, 2.24) is 5.32 Å². The fraction of sp³-hybridized carbons (Fsp3) is 0.143. The van der Waals surface area contributed by atoms with Gasteiger partial charge in [0.2, 0.25) is 0 Å². The van der Waals surface area contributed by atoms with Gasteiger partial charge in [-0.3, -0.25) is 4.79 Å². The molecule has 0 radical (unpaired) electrons. The summed E-state index contributed by atoms with van der Waals surface area (Å²) >= 11 is 2.90. The Hall–Kier alpha value is -2.94. The molecule has 0 aliphatic heterocycles. The molecular formula is C21H17NO5S2. The number of rotatable bonds is 6. The van der Waals surface area contributed by atoms with Crippen LogP contribution < -0.4 is 15.7 Å². The number of carbonyl (C=O) groups excluding carboxylic acids is 1. The maximum atomic E-state index is 12.5. The molecule has 0 aliphatic rings. The number of hydrogen-bond donors (Lipinski definition) is 2. The van der Waals surface area contributed by atoms with Gasteiger partial charge >= 0.3 is 5.63 Å². The van der Waals surface area contributed by atoms with Gasteiger partial charge in [0.25, 0.3) is 5.91 Å². The minimum absolute atomic E-state index is 0.0684. The average Bonchev–Trinajstić information content (AvgIpc) is 3.43. The van der Waals surface area contributed by atoms with Crippen molar-refractivity contribution < 1.29 is 19.1 Å². The van der Waals surface area contributed by atoms with Crippen molar-refractivity contribution in [2.75, 3.05) is 7.11 Å². The van der Waals surface area contributed by atoms with Gasteiger partial charge in [0.05, 0.1) is 13.7 Å². The maximum absolute atomic E-state index is 12.5. The Bertz CT molecular complexity index is 1210. The van der Waals surface area contributed by atoms with E-state index >= 15 is 0 Å². The van der Waals surface area contributed by atoms with Crippen molar-refractivity contribution in [2.24, 2.45) is 0 Å². The molecule has 3 heterocycles. The molecule has 3 aromatic heterocycles. The normalized spacial score (nSPS) is 12.1. The third-order valence-electron chi connectivity index (χ3n) is 4.38. The number of methoxy groups -OCH3 is 1. The molecule has 0 spiro atoms. The molecule has 0 unspecified atom stereocenters. The number of carbonyl (C=O) groups is 1. The highest BCUT2D eigenvalue weighted by Crippen LogP contribution is 2.31. The summed E-state index contributed by atoms with van der Waals surface area (Å²) in [4.78, 5) is 27.3. The van der Waals surface area contributed by atoms with E-state index in [2.05, 4.69) is 5.32 Å². The molecule has 0 fully saturated rings. The maximum Gasteiger partial charge on any atom is 0.349 e. The van der Waals surface area contributed by atoms with Gasteiger partial charge in [-0.1, -0.05) is 18.2 Å². The molecule has 29 heavy (non-hydrogen) atoms. The van der Waals surface area contributed by atoms with Crippen LogP contribution in [0.4, 0.5) is 0 Å². The van der Waals surface area contributed by atoms with Crippen LogP contribution in [-0.2, 0) is 6.54 Å². The number of ether oxygens (including phenoxy) is 1. The minimum atomic E-state index is -0.723. The van der Waals surface area contributed by atoms with Crippen molar-refractivity contribution in [3.05, 3.63) is 84.5 Å². The summed E-state index contributed by atoms with van der Waals surface area (Å²) in [5.41, 5.74) is -0.484. The summed E-state index contributed by atoms with van der Waals surface area (Å²) in [5.74, 6) is -0.0841. The average molecular weight is 428 g/mol. The first kappa shape index (κ1) is 19.4. The van der Waals surface area contributed by atoms with Crippen LogP contribution in [0.5, 0.6) is 5.75 Å². The summed E-state index contributed by atoms with van der Waals surface area (Å²) in [5, 5.41) is 15.7. The molecule has 1 amide bonds. The quantitative estimate of drug-likeness (QED) is 0.455. The van der Waals surface area contributed by atoms with Gasteiger partial charge in [0.1, 0.15) is 11.7 Å². The molecule has 1 aromatic carbocycles. The van der Waals surface area contributed by atoms with Gasteiger partial charge in [-0.15, -0.1) is 22.7 Å². The molecule has 6 nitrogen and oxygen atoms in total. The molecule has 4 aromatic rings. The molecule has 148 valence electrons. The van der Waals surface area contributed by atoms with E-state index in [1.807, 2.05) is 29.6 Å². The molecular weight excluding hydrogens is 410 g/mol. The Labute approximate surface area is 174 Å². The molecule has 0 bridgehead atoms. The largest absolute Gasteiger partial charge is 0.493 e. The fourth-order valence-electron chi connectivity index (χ4n) is 2.92. The van der Waals surface area contributed by atoms with Crippen molar-refractivity contribution in [3.8, 4) is 5.75 Å². The number of thiophene rings is 2. The Morgan fingerprint density at radius 3 is 2.83 bits per heavy atom. The highest BCUT2D eigenvalue weighted by Gasteiger charge is 2.17. The van der Waals surface area contributed by atoms with Crippen LogP contribution in [0, 0.1) is 0 Å². The van der Waals surface area contributed by atoms with Crippen molar-refractivity contribution >= 4 is 39.5 Å². The number of hydrogen-bond acceptors (Lipinski definition) is 7. The lowest BCUT2D eigenvalue weighted by Gasteiger charge is -2.07. The van der Waals surface area contributed by atoms with Crippen LogP contribution in [0.3, 0.4) is 0 Å². The molecule has 0 saturated heterocycles. The third-order valence-corrected chi connectivity index (χ3v) is 6.44. The van der Waals surface area contributed by atoms with E-state index in [1.54, 1.807) is 18.2 Å². The molecule has 1 atom stereocenters. The van der Waals surface area contributed by atoms with Gasteiger partial charge in [-0.25, -0.2) is 4.79 Å². The van der Waals surface area contributed by atoms with Gasteiger partial charge in [-0.05, 0) is 35.7 Å². The predicted octanol–water partition coefficient (Wildman–Crippen LogP) is 3.94. The first-order valence-corrected chi connectivity index (χ1v) is 10.5. The summed E-state index contributed by atoms with van der Waals surface area (Å²) in [7, 11) is 1.49. The van der Waals surface area contributed by atoms with Gasteiger partial charge in [-0.2, -0.15) is 0 Å². The Morgan fingerprint density at radius 2 is 2.07 bits per heavy atom. The van der Waals surface area contributed by atoms with E-state index < -0.39 is 17.6 Å². The smallest absolute Gasteiger partial charge is 0.349 e. The fourth-order valence-corrected chi connectivity index (χ4v) is 4.68. The van der Waals surface area contributed by atoms with Crippen LogP contribution >= 0.6 is 22.7 Å². The standard InChI is InChI=1S/C21H17NO5S2/c1-26-15-5-2-4-12-10-14(21(25)27-19(12)15)20(24)22-11-13-7-8-17(29-13)18(23)16-6-3-9-28-16/h2-10,18,23H,11H2,1H3,(H,22,24)/t18-/m0/s1. The number of benzene rings is 1. The van der Waals surface area contributed by atoms with E-state index in [0.29, 0.717) is 16.7 Å². The van der Waals surface area contributed by atoms with E-state index in [1.165, 1.54) is 35.8 Å². The van der Waals surface area contributed by atoms with Gasteiger partial charge in [0, 0.05) is 20.0 Å². The zero-order chi connectivity index (χ0) is 20.4. The van der Waals surface area contributed by atoms with Crippen LogP contribution in [0.15, 0.2) is 63.1 Å².